The average Bonchev–Trinajstić information content (AvgIpc) is 2.31. The molecule has 1 heterocycles. The second-order valence-corrected chi connectivity index (χ2v) is 3.31. The van der Waals surface area contributed by atoms with E-state index in [0.717, 1.165) is 17.0 Å². The molecule has 1 aromatic heterocycles. The molecular weight excluding hydrogens is 186 g/mol. The number of rotatable bonds is 3. The zero-order valence-corrected chi connectivity index (χ0v) is 8.68. The van der Waals surface area contributed by atoms with Crippen LogP contribution in [0, 0.1) is 0 Å². The van der Waals surface area contributed by atoms with Crippen molar-refractivity contribution in [1.29, 1.82) is 0 Å². The van der Waals surface area contributed by atoms with Crippen LogP contribution in [-0.2, 0) is 11.3 Å². The van der Waals surface area contributed by atoms with Gasteiger partial charge in [0.1, 0.15) is 0 Å². The van der Waals surface area contributed by atoms with Gasteiger partial charge in [0.2, 0.25) is 0 Å². The summed E-state index contributed by atoms with van der Waals surface area (Å²) in [4.78, 5) is 4.51. The third-order valence-electron chi connectivity index (χ3n) is 2.17. The Balaban J connectivity index is 2.33. The van der Waals surface area contributed by atoms with E-state index in [2.05, 4.69) is 17.1 Å². The minimum Gasteiger partial charge on any atom is -0.378 e. The summed E-state index contributed by atoms with van der Waals surface area (Å²) in [7, 11) is 1.68. The van der Waals surface area contributed by atoms with E-state index in [9.17, 15) is 0 Å². The fourth-order valence-corrected chi connectivity index (χ4v) is 1.48. The first kappa shape index (κ1) is 9.87. The number of pyridine rings is 1. The quantitative estimate of drug-likeness (QED) is 0.758. The molecule has 0 aliphatic heterocycles. The Morgan fingerprint density at radius 2 is 1.80 bits per heavy atom. The van der Waals surface area contributed by atoms with Crippen molar-refractivity contribution in [1.82, 2.24) is 4.98 Å². The highest BCUT2D eigenvalue weighted by Gasteiger charge is 1.99. The molecule has 2 aromatic rings. The second-order valence-electron chi connectivity index (χ2n) is 3.31. The van der Waals surface area contributed by atoms with Crippen molar-refractivity contribution < 1.29 is 4.74 Å². The number of hydrogen-bond donors (Lipinski definition) is 0. The van der Waals surface area contributed by atoms with Crippen LogP contribution in [0.15, 0.2) is 48.5 Å². The van der Waals surface area contributed by atoms with E-state index in [0.29, 0.717) is 6.61 Å². The van der Waals surface area contributed by atoms with Crippen LogP contribution in [0.3, 0.4) is 0 Å². The molecule has 2 heteroatoms. The number of benzene rings is 1. The lowest BCUT2D eigenvalue weighted by Gasteiger charge is -2.03. The fourth-order valence-electron chi connectivity index (χ4n) is 1.48. The first-order valence-corrected chi connectivity index (χ1v) is 4.90. The molecule has 0 saturated heterocycles. The molecule has 2 rings (SSSR count). The summed E-state index contributed by atoms with van der Waals surface area (Å²) in [5, 5.41) is 0. The number of nitrogens with zero attached hydrogens (tertiary/aromatic N) is 1. The van der Waals surface area contributed by atoms with Gasteiger partial charge < -0.3 is 4.74 Å². The Kier molecular flexibility index (Phi) is 3.10. The third kappa shape index (κ3) is 2.42. The normalized spacial score (nSPS) is 10.2. The van der Waals surface area contributed by atoms with Crippen LogP contribution in [-0.4, -0.2) is 12.1 Å². The molecule has 0 aliphatic carbocycles. The zero-order chi connectivity index (χ0) is 10.5. The SMILES string of the molecule is COCc1cccc(-c2ccccc2)n1. The van der Waals surface area contributed by atoms with Crippen LogP contribution in [0.4, 0.5) is 0 Å². The zero-order valence-electron chi connectivity index (χ0n) is 8.68. The molecule has 1 aromatic carbocycles. The summed E-state index contributed by atoms with van der Waals surface area (Å²) in [5.41, 5.74) is 3.08. The molecule has 0 fully saturated rings. The average molecular weight is 199 g/mol. The van der Waals surface area contributed by atoms with E-state index < -0.39 is 0 Å². The molecule has 0 spiro atoms. The van der Waals surface area contributed by atoms with Gasteiger partial charge >= 0.3 is 0 Å². The topological polar surface area (TPSA) is 22.1 Å². The molecule has 0 N–H and O–H groups in total. The van der Waals surface area contributed by atoms with E-state index in [4.69, 9.17) is 4.74 Å². The van der Waals surface area contributed by atoms with Crippen LogP contribution >= 0.6 is 0 Å². The van der Waals surface area contributed by atoms with Gasteiger partial charge in [0, 0.05) is 12.7 Å². The monoisotopic (exact) mass is 199 g/mol. The van der Waals surface area contributed by atoms with Crippen LogP contribution in [0.5, 0.6) is 0 Å². The summed E-state index contributed by atoms with van der Waals surface area (Å²) in [6.07, 6.45) is 0. The molecule has 0 unspecified atom stereocenters. The maximum atomic E-state index is 5.06. The van der Waals surface area contributed by atoms with Crippen LogP contribution in [0.25, 0.3) is 11.3 Å². The van der Waals surface area contributed by atoms with Gasteiger partial charge in [-0.15, -0.1) is 0 Å². The maximum absolute atomic E-state index is 5.06. The molecule has 0 radical (unpaired) electrons. The molecule has 0 aliphatic rings. The lowest BCUT2D eigenvalue weighted by atomic mass is 10.1. The minimum atomic E-state index is 0.556. The van der Waals surface area contributed by atoms with E-state index in [1.807, 2.05) is 36.4 Å². The molecule has 0 amide bonds. The summed E-state index contributed by atoms with van der Waals surface area (Å²) >= 11 is 0. The highest BCUT2D eigenvalue weighted by atomic mass is 16.5. The third-order valence-corrected chi connectivity index (χ3v) is 2.17. The van der Waals surface area contributed by atoms with Crippen LogP contribution in [0.2, 0.25) is 0 Å². The van der Waals surface area contributed by atoms with Gasteiger partial charge in [-0.3, -0.25) is 4.98 Å². The molecule has 0 bridgehead atoms. The van der Waals surface area contributed by atoms with E-state index in [1.165, 1.54) is 0 Å². The Hall–Kier alpha value is -1.67. The first-order valence-electron chi connectivity index (χ1n) is 4.90. The van der Waals surface area contributed by atoms with E-state index in [-0.39, 0.29) is 0 Å². The smallest absolute Gasteiger partial charge is 0.0884 e. The van der Waals surface area contributed by atoms with Crippen LogP contribution < -0.4 is 0 Å². The number of methoxy groups -OCH3 is 1. The van der Waals surface area contributed by atoms with Crippen LogP contribution in [0.1, 0.15) is 5.69 Å². The van der Waals surface area contributed by atoms with Crippen molar-refractivity contribution in [2.24, 2.45) is 0 Å². The van der Waals surface area contributed by atoms with Crippen molar-refractivity contribution >= 4 is 0 Å². The molecular formula is C13H13NO. The lowest BCUT2D eigenvalue weighted by molar-refractivity contribution is 0.181. The fraction of sp³-hybridized carbons (Fsp3) is 0.154. The number of aromatic nitrogens is 1. The summed E-state index contributed by atoms with van der Waals surface area (Å²) in [5.74, 6) is 0. The van der Waals surface area contributed by atoms with Gasteiger partial charge in [0.15, 0.2) is 0 Å². The van der Waals surface area contributed by atoms with Crippen molar-refractivity contribution in [3.05, 3.63) is 54.2 Å². The molecule has 0 saturated carbocycles. The standard InChI is InChI=1S/C13H13NO/c1-15-10-12-8-5-9-13(14-12)11-6-3-2-4-7-11/h2-9H,10H2,1H3. The number of hydrogen-bond acceptors (Lipinski definition) is 2. The summed E-state index contributed by atoms with van der Waals surface area (Å²) in [6.45, 7) is 0.556. The predicted molar refractivity (Wildman–Crippen MR) is 60.4 cm³/mol. The van der Waals surface area contributed by atoms with E-state index >= 15 is 0 Å². The van der Waals surface area contributed by atoms with Crippen molar-refractivity contribution in [3.63, 3.8) is 0 Å². The van der Waals surface area contributed by atoms with E-state index in [1.54, 1.807) is 7.11 Å². The summed E-state index contributed by atoms with van der Waals surface area (Å²) < 4.78 is 5.06. The minimum absolute atomic E-state index is 0.556. The Morgan fingerprint density at radius 1 is 1.00 bits per heavy atom. The predicted octanol–water partition coefficient (Wildman–Crippen LogP) is 2.90. The molecule has 76 valence electrons. The second kappa shape index (κ2) is 4.71. The van der Waals surface area contributed by atoms with Gasteiger partial charge in [0.05, 0.1) is 18.0 Å². The first-order chi connectivity index (χ1) is 7.40. The summed E-state index contributed by atoms with van der Waals surface area (Å²) in [6, 6.07) is 16.1. The van der Waals surface area contributed by atoms with Crippen molar-refractivity contribution in [2.75, 3.05) is 7.11 Å². The van der Waals surface area contributed by atoms with Gasteiger partial charge in [-0.25, -0.2) is 0 Å². The highest BCUT2D eigenvalue weighted by Crippen LogP contribution is 2.16. The largest absolute Gasteiger partial charge is 0.378 e. The Bertz CT molecular complexity index is 426. The molecule has 2 nitrogen and oxygen atoms in total. The molecule has 15 heavy (non-hydrogen) atoms. The van der Waals surface area contributed by atoms with Crippen molar-refractivity contribution in [2.45, 2.75) is 6.61 Å². The van der Waals surface area contributed by atoms with Gasteiger partial charge in [0.25, 0.3) is 0 Å². The van der Waals surface area contributed by atoms with Gasteiger partial charge in [-0.05, 0) is 12.1 Å². The van der Waals surface area contributed by atoms with Gasteiger partial charge in [-0.2, -0.15) is 0 Å². The number of ether oxygens (including phenoxy) is 1. The van der Waals surface area contributed by atoms with Gasteiger partial charge in [-0.1, -0.05) is 36.4 Å². The maximum Gasteiger partial charge on any atom is 0.0884 e. The Morgan fingerprint density at radius 3 is 2.53 bits per heavy atom. The Labute approximate surface area is 89.6 Å². The lowest BCUT2D eigenvalue weighted by Crippen LogP contribution is -1.93. The molecule has 0 atom stereocenters. The highest BCUT2D eigenvalue weighted by molar-refractivity contribution is 5.58. The van der Waals surface area contributed by atoms with Crippen molar-refractivity contribution in [3.8, 4) is 11.3 Å².